The third kappa shape index (κ3) is 5.20. The molecule has 2 aromatic carbocycles. The molecule has 0 radical (unpaired) electrons. The Hall–Kier alpha value is -3.46. The SMILES string of the molecule is CCOC(=O)C[C@@H]1c2cc(OC)c(OC)cc2CCN1CC(=O)Nc1ccc2c(c1)OCCO2. The van der Waals surface area contributed by atoms with Crippen LogP contribution in [0.5, 0.6) is 23.0 Å². The second kappa shape index (κ2) is 10.6. The van der Waals surface area contributed by atoms with Crippen molar-refractivity contribution in [1.29, 1.82) is 0 Å². The zero-order valence-electron chi connectivity index (χ0n) is 19.7. The van der Waals surface area contributed by atoms with Crippen molar-refractivity contribution in [2.45, 2.75) is 25.8 Å². The Morgan fingerprint density at radius 3 is 2.53 bits per heavy atom. The molecular weight excluding hydrogens is 440 g/mol. The molecule has 0 aromatic heterocycles. The summed E-state index contributed by atoms with van der Waals surface area (Å²) >= 11 is 0. The summed E-state index contributed by atoms with van der Waals surface area (Å²) in [7, 11) is 3.17. The molecule has 1 N–H and O–H groups in total. The Morgan fingerprint density at radius 2 is 1.79 bits per heavy atom. The van der Waals surface area contributed by atoms with Crippen LogP contribution >= 0.6 is 0 Å². The number of hydrogen-bond acceptors (Lipinski definition) is 8. The summed E-state index contributed by atoms with van der Waals surface area (Å²) in [6.45, 7) is 3.79. The maximum atomic E-state index is 13.0. The first-order valence-electron chi connectivity index (χ1n) is 11.4. The summed E-state index contributed by atoms with van der Waals surface area (Å²) in [6, 6.07) is 8.83. The maximum Gasteiger partial charge on any atom is 0.307 e. The van der Waals surface area contributed by atoms with E-state index in [4.69, 9.17) is 23.7 Å². The number of carbonyl (C=O) groups is 2. The predicted molar refractivity (Wildman–Crippen MR) is 125 cm³/mol. The lowest BCUT2D eigenvalue weighted by molar-refractivity contribution is -0.145. The van der Waals surface area contributed by atoms with Crippen LogP contribution in [-0.2, 0) is 20.7 Å². The van der Waals surface area contributed by atoms with Gasteiger partial charge in [0.1, 0.15) is 13.2 Å². The number of methoxy groups -OCH3 is 2. The van der Waals surface area contributed by atoms with Crippen molar-refractivity contribution in [2.24, 2.45) is 0 Å². The second-order valence-electron chi connectivity index (χ2n) is 8.06. The van der Waals surface area contributed by atoms with Crippen LogP contribution in [0.25, 0.3) is 0 Å². The first-order chi connectivity index (χ1) is 16.5. The van der Waals surface area contributed by atoms with Gasteiger partial charge in [-0.25, -0.2) is 0 Å². The monoisotopic (exact) mass is 470 g/mol. The van der Waals surface area contributed by atoms with Crippen molar-refractivity contribution in [2.75, 3.05) is 52.4 Å². The van der Waals surface area contributed by atoms with E-state index in [0.717, 1.165) is 11.1 Å². The van der Waals surface area contributed by atoms with Crippen molar-refractivity contribution in [3.8, 4) is 23.0 Å². The number of anilines is 1. The number of carbonyl (C=O) groups excluding carboxylic acids is 2. The highest BCUT2D eigenvalue weighted by Crippen LogP contribution is 2.39. The van der Waals surface area contributed by atoms with Crippen molar-refractivity contribution in [3.63, 3.8) is 0 Å². The van der Waals surface area contributed by atoms with Crippen LogP contribution in [-0.4, -0.2) is 63.9 Å². The fourth-order valence-electron chi connectivity index (χ4n) is 4.39. The van der Waals surface area contributed by atoms with E-state index in [-0.39, 0.29) is 30.9 Å². The quantitative estimate of drug-likeness (QED) is 0.589. The van der Waals surface area contributed by atoms with E-state index in [0.29, 0.717) is 61.5 Å². The van der Waals surface area contributed by atoms with E-state index >= 15 is 0 Å². The third-order valence-electron chi connectivity index (χ3n) is 5.95. The lowest BCUT2D eigenvalue weighted by atomic mass is 9.90. The maximum absolute atomic E-state index is 13.0. The summed E-state index contributed by atoms with van der Waals surface area (Å²) in [4.78, 5) is 27.4. The fraction of sp³-hybridized carbons (Fsp3) is 0.440. The molecule has 2 aliphatic heterocycles. The van der Waals surface area contributed by atoms with Crippen LogP contribution in [0.2, 0.25) is 0 Å². The largest absolute Gasteiger partial charge is 0.493 e. The van der Waals surface area contributed by atoms with E-state index in [1.165, 1.54) is 0 Å². The van der Waals surface area contributed by atoms with Gasteiger partial charge in [-0.15, -0.1) is 0 Å². The fourth-order valence-corrected chi connectivity index (χ4v) is 4.39. The highest BCUT2D eigenvalue weighted by atomic mass is 16.6. The first-order valence-corrected chi connectivity index (χ1v) is 11.4. The third-order valence-corrected chi connectivity index (χ3v) is 5.95. The van der Waals surface area contributed by atoms with Gasteiger partial charge < -0.3 is 29.0 Å². The molecule has 0 unspecified atom stereocenters. The number of benzene rings is 2. The van der Waals surface area contributed by atoms with Crippen LogP contribution in [0, 0.1) is 0 Å². The van der Waals surface area contributed by atoms with Crippen LogP contribution in [0.15, 0.2) is 30.3 Å². The van der Waals surface area contributed by atoms with E-state index in [1.54, 1.807) is 39.3 Å². The van der Waals surface area contributed by atoms with Crippen molar-refractivity contribution < 1.29 is 33.3 Å². The molecule has 9 heteroatoms. The lowest BCUT2D eigenvalue weighted by Gasteiger charge is -2.37. The highest BCUT2D eigenvalue weighted by molar-refractivity contribution is 5.92. The molecule has 0 saturated heterocycles. The van der Waals surface area contributed by atoms with Gasteiger partial charge in [0.25, 0.3) is 0 Å². The van der Waals surface area contributed by atoms with Gasteiger partial charge >= 0.3 is 5.97 Å². The van der Waals surface area contributed by atoms with Gasteiger partial charge in [0.2, 0.25) is 5.91 Å². The Morgan fingerprint density at radius 1 is 1.06 bits per heavy atom. The molecule has 1 amide bonds. The summed E-state index contributed by atoms with van der Waals surface area (Å²) in [5.41, 5.74) is 2.62. The molecule has 182 valence electrons. The minimum Gasteiger partial charge on any atom is -0.493 e. The molecule has 0 aliphatic carbocycles. The summed E-state index contributed by atoms with van der Waals surface area (Å²) in [6.07, 6.45) is 0.847. The molecule has 2 heterocycles. The standard InChI is InChI=1S/C25H30N2O7/c1-4-32-25(29)14-19-18-13-22(31-3)21(30-2)11-16(18)7-8-27(19)15-24(28)26-17-5-6-20-23(12-17)34-10-9-33-20/h5-6,11-13,19H,4,7-10,14-15H2,1-3H3,(H,26,28)/t19-/m1/s1. The molecule has 1 atom stereocenters. The van der Waals surface area contributed by atoms with Crippen molar-refractivity contribution in [3.05, 3.63) is 41.5 Å². The van der Waals surface area contributed by atoms with Gasteiger partial charge in [-0.3, -0.25) is 14.5 Å². The van der Waals surface area contributed by atoms with Gasteiger partial charge in [-0.1, -0.05) is 0 Å². The van der Waals surface area contributed by atoms with E-state index in [9.17, 15) is 9.59 Å². The topological polar surface area (TPSA) is 95.6 Å². The average molecular weight is 471 g/mol. The zero-order valence-corrected chi connectivity index (χ0v) is 19.7. The van der Waals surface area contributed by atoms with E-state index < -0.39 is 0 Å². The smallest absolute Gasteiger partial charge is 0.307 e. The number of ether oxygens (including phenoxy) is 5. The lowest BCUT2D eigenvalue weighted by Crippen LogP contribution is -2.41. The normalized spacial score (nSPS) is 16.9. The van der Waals surface area contributed by atoms with Gasteiger partial charge in [0, 0.05) is 24.3 Å². The molecule has 9 nitrogen and oxygen atoms in total. The molecular formula is C25H30N2O7. The van der Waals surface area contributed by atoms with Crippen LogP contribution in [0.1, 0.15) is 30.5 Å². The molecule has 0 bridgehead atoms. The highest BCUT2D eigenvalue weighted by Gasteiger charge is 2.32. The van der Waals surface area contributed by atoms with Crippen molar-refractivity contribution >= 4 is 17.6 Å². The summed E-state index contributed by atoms with van der Waals surface area (Å²) in [5.74, 6) is 1.99. The van der Waals surface area contributed by atoms with Gasteiger partial charge in [-0.05, 0) is 48.7 Å². The Kier molecular flexibility index (Phi) is 7.42. The summed E-state index contributed by atoms with van der Waals surface area (Å²) < 4.78 is 27.3. The van der Waals surface area contributed by atoms with Gasteiger partial charge in [0.15, 0.2) is 23.0 Å². The van der Waals surface area contributed by atoms with Crippen LogP contribution in [0.3, 0.4) is 0 Å². The molecule has 34 heavy (non-hydrogen) atoms. The number of amides is 1. The number of hydrogen-bond donors (Lipinski definition) is 1. The van der Waals surface area contributed by atoms with Crippen LogP contribution < -0.4 is 24.3 Å². The molecule has 4 rings (SSSR count). The minimum atomic E-state index is -0.325. The van der Waals surface area contributed by atoms with Gasteiger partial charge in [0.05, 0.1) is 33.8 Å². The second-order valence-corrected chi connectivity index (χ2v) is 8.06. The number of nitrogens with one attached hydrogen (secondary N) is 1. The number of nitrogens with zero attached hydrogens (tertiary/aromatic N) is 1. The van der Waals surface area contributed by atoms with Crippen molar-refractivity contribution in [1.82, 2.24) is 4.90 Å². The predicted octanol–water partition coefficient (Wildman–Crippen LogP) is 2.97. The summed E-state index contributed by atoms with van der Waals surface area (Å²) in [5, 5.41) is 2.93. The Labute approximate surface area is 198 Å². The molecule has 0 spiro atoms. The zero-order chi connectivity index (χ0) is 24.1. The van der Waals surface area contributed by atoms with E-state index in [1.807, 2.05) is 17.0 Å². The van der Waals surface area contributed by atoms with Crippen LogP contribution in [0.4, 0.5) is 5.69 Å². The molecule has 0 saturated carbocycles. The average Bonchev–Trinajstić information content (AvgIpc) is 2.84. The minimum absolute atomic E-state index is 0.117. The Balaban J connectivity index is 1.53. The van der Waals surface area contributed by atoms with Gasteiger partial charge in [-0.2, -0.15) is 0 Å². The molecule has 2 aliphatic rings. The first kappa shape index (κ1) is 23.7. The molecule has 0 fully saturated rings. The van der Waals surface area contributed by atoms with E-state index in [2.05, 4.69) is 5.32 Å². The molecule has 2 aromatic rings. The number of esters is 1. The number of fused-ring (bicyclic) bond motifs is 2. The number of rotatable bonds is 8. The Bertz CT molecular complexity index is 1060.